The second-order valence-electron chi connectivity index (χ2n) is 10.7. The fraction of sp³-hybridized carbons (Fsp3) is 0.382. The summed E-state index contributed by atoms with van der Waals surface area (Å²) in [6, 6.07) is 23.9. The molecule has 8 heteroatoms. The summed E-state index contributed by atoms with van der Waals surface area (Å²) in [7, 11) is 0. The number of piperidine rings is 1. The van der Waals surface area contributed by atoms with Gasteiger partial charge in [0.05, 0.1) is 6.61 Å². The molecule has 0 saturated carbocycles. The number of carbonyl (C=O) groups is 3. The third-order valence-corrected chi connectivity index (χ3v) is 7.55. The number of carboxylic acid groups (broad SMARTS) is 1. The first kappa shape index (κ1) is 30.6. The molecule has 8 nitrogen and oxygen atoms in total. The van der Waals surface area contributed by atoms with Crippen LogP contribution < -0.4 is 14.8 Å². The minimum atomic E-state index is -1.07. The molecular formula is C34H40N2O6. The Morgan fingerprint density at radius 1 is 0.857 bits per heavy atom. The summed E-state index contributed by atoms with van der Waals surface area (Å²) in [6.45, 7) is 4.24. The Balaban J connectivity index is 1.17. The van der Waals surface area contributed by atoms with Gasteiger partial charge in [-0.15, -0.1) is 0 Å². The Labute approximate surface area is 247 Å². The number of carboxylic acids is 1. The van der Waals surface area contributed by atoms with Crippen molar-refractivity contribution >= 4 is 17.8 Å². The molecule has 1 aliphatic heterocycles. The summed E-state index contributed by atoms with van der Waals surface area (Å²) in [5.41, 5.74) is 2.96. The maximum absolute atomic E-state index is 12.7. The van der Waals surface area contributed by atoms with Crippen molar-refractivity contribution in [3.05, 3.63) is 95.6 Å². The van der Waals surface area contributed by atoms with Gasteiger partial charge >= 0.3 is 5.97 Å². The molecule has 0 aliphatic carbocycles. The van der Waals surface area contributed by atoms with E-state index in [0.29, 0.717) is 44.9 Å². The molecule has 4 rings (SSSR count). The van der Waals surface area contributed by atoms with Crippen LogP contribution in [0.4, 0.5) is 0 Å². The highest BCUT2D eigenvalue weighted by Gasteiger charge is 2.26. The largest absolute Gasteiger partial charge is 0.494 e. The molecule has 1 aliphatic rings. The number of ether oxygens (including phenoxy) is 2. The quantitative estimate of drug-likeness (QED) is 0.281. The van der Waals surface area contributed by atoms with Gasteiger partial charge in [-0.2, -0.15) is 0 Å². The zero-order valence-corrected chi connectivity index (χ0v) is 24.2. The predicted molar refractivity (Wildman–Crippen MR) is 160 cm³/mol. The van der Waals surface area contributed by atoms with Crippen LogP contribution in [0.3, 0.4) is 0 Å². The van der Waals surface area contributed by atoms with Crippen LogP contribution in [-0.2, 0) is 33.8 Å². The van der Waals surface area contributed by atoms with Crippen LogP contribution in [0.15, 0.2) is 78.9 Å². The molecule has 2 N–H and O–H groups in total. The highest BCUT2D eigenvalue weighted by Crippen LogP contribution is 2.22. The molecule has 0 spiro atoms. The number of aliphatic carboxylic acids is 1. The van der Waals surface area contributed by atoms with Crippen molar-refractivity contribution in [2.75, 3.05) is 19.7 Å². The van der Waals surface area contributed by atoms with Crippen molar-refractivity contribution in [3.63, 3.8) is 0 Å². The first-order chi connectivity index (χ1) is 20.4. The van der Waals surface area contributed by atoms with Gasteiger partial charge in [-0.05, 0) is 73.1 Å². The Hall–Kier alpha value is -4.33. The van der Waals surface area contributed by atoms with Gasteiger partial charge in [-0.25, -0.2) is 4.79 Å². The SMILES string of the molecule is CCOc1ccc(CCC(=O)N2CCC(CC(=O)N[C@@H](Cc3ccc(OCc4ccccc4)cc3)C(=O)O)CC2)cc1. The molecule has 0 radical (unpaired) electrons. The van der Waals surface area contributed by atoms with Crippen molar-refractivity contribution in [2.45, 2.75) is 58.1 Å². The lowest BCUT2D eigenvalue weighted by Gasteiger charge is -2.32. The van der Waals surface area contributed by atoms with Crippen LogP contribution in [0, 0.1) is 5.92 Å². The second kappa shape index (κ2) is 15.6. The molecule has 3 aromatic rings. The van der Waals surface area contributed by atoms with Crippen LogP contribution in [0.1, 0.15) is 49.3 Å². The van der Waals surface area contributed by atoms with Crippen LogP contribution in [0.25, 0.3) is 0 Å². The maximum atomic E-state index is 12.7. The standard InChI is InChI=1S/C34H40N2O6/c1-2-41-29-13-8-25(9-14-29)12-17-33(38)36-20-18-27(19-21-36)23-32(37)35-31(34(39)40)22-26-10-15-30(16-11-26)42-24-28-6-4-3-5-7-28/h3-11,13-16,27,31H,2,12,17-24H2,1H3,(H,35,37)(H,39,40)/t31-/m0/s1. The molecule has 1 heterocycles. The number of nitrogens with one attached hydrogen (secondary N) is 1. The van der Waals surface area contributed by atoms with Crippen LogP contribution in [-0.4, -0.2) is 53.5 Å². The lowest BCUT2D eigenvalue weighted by atomic mass is 9.92. The van der Waals surface area contributed by atoms with Gasteiger partial charge in [0.2, 0.25) is 11.8 Å². The van der Waals surface area contributed by atoms with Gasteiger partial charge in [0.15, 0.2) is 0 Å². The van der Waals surface area contributed by atoms with E-state index >= 15 is 0 Å². The van der Waals surface area contributed by atoms with E-state index in [1.165, 1.54) is 0 Å². The summed E-state index contributed by atoms with van der Waals surface area (Å²) in [6.07, 6.45) is 3.01. The van der Waals surface area contributed by atoms with E-state index in [2.05, 4.69) is 5.32 Å². The van der Waals surface area contributed by atoms with E-state index in [4.69, 9.17) is 9.47 Å². The summed E-state index contributed by atoms with van der Waals surface area (Å²) >= 11 is 0. The van der Waals surface area contributed by atoms with Gasteiger partial charge < -0.3 is 24.8 Å². The predicted octanol–water partition coefficient (Wildman–Crippen LogP) is 5.04. The number of carbonyl (C=O) groups excluding carboxylic acids is 2. The minimum Gasteiger partial charge on any atom is -0.494 e. The summed E-state index contributed by atoms with van der Waals surface area (Å²) < 4.78 is 11.3. The molecular weight excluding hydrogens is 532 g/mol. The molecule has 222 valence electrons. The minimum absolute atomic E-state index is 0.120. The number of rotatable bonds is 14. The monoisotopic (exact) mass is 572 g/mol. The number of nitrogens with zero attached hydrogens (tertiary/aromatic N) is 1. The fourth-order valence-electron chi connectivity index (χ4n) is 5.13. The van der Waals surface area contributed by atoms with Crippen molar-refractivity contribution in [1.29, 1.82) is 0 Å². The van der Waals surface area contributed by atoms with Crippen LogP contribution in [0.5, 0.6) is 11.5 Å². The van der Waals surface area contributed by atoms with Gasteiger partial charge in [-0.1, -0.05) is 54.6 Å². The van der Waals surface area contributed by atoms with E-state index in [-0.39, 0.29) is 30.6 Å². The zero-order chi connectivity index (χ0) is 29.7. The Bertz CT molecular complexity index is 1290. The van der Waals surface area contributed by atoms with Gasteiger partial charge in [0, 0.05) is 32.4 Å². The van der Waals surface area contributed by atoms with E-state index < -0.39 is 12.0 Å². The average Bonchev–Trinajstić information content (AvgIpc) is 3.01. The smallest absolute Gasteiger partial charge is 0.326 e. The third-order valence-electron chi connectivity index (χ3n) is 7.55. The molecule has 1 atom stereocenters. The first-order valence-electron chi connectivity index (χ1n) is 14.7. The topological polar surface area (TPSA) is 105 Å². The molecule has 3 aromatic carbocycles. The Morgan fingerprint density at radius 2 is 1.48 bits per heavy atom. The highest BCUT2D eigenvalue weighted by molar-refractivity contribution is 5.84. The summed E-state index contributed by atoms with van der Waals surface area (Å²) in [4.78, 5) is 39.2. The van der Waals surface area contributed by atoms with Crippen LogP contribution >= 0.6 is 0 Å². The van der Waals surface area contributed by atoms with E-state index in [1.54, 1.807) is 0 Å². The van der Waals surface area contributed by atoms with E-state index in [9.17, 15) is 19.5 Å². The van der Waals surface area contributed by atoms with Crippen molar-refractivity contribution in [3.8, 4) is 11.5 Å². The van der Waals surface area contributed by atoms with Crippen molar-refractivity contribution in [1.82, 2.24) is 10.2 Å². The molecule has 42 heavy (non-hydrogen) atoms. The number of hydrogen-bond acceptors (Lipinski definition) is 5. The first-order valence-corrected chi connectivity index (χ1v) is 14.7. The maximum Gasteiger partial charge on any atom is 0.326 e. The van der Waals surface area contributed by atoms with E-state index in [0.717, 1.165) is 35.3 Å². The summed E-state index contributed by atoms with van der Waals surface area (Å²) in [5, 5.41) is 12.4. The zero-order valence-electron chi connectivity index (χ0n) is 24.2. The molecule has 1 saturated heterocycles. The molecule has 0 aromatic heterocycles. The lowest BCUT2D eigenvalue weighted by Crippen LogP contribution is -2.44. The average molecular weight is 573 g/mol. The second-order valence-corrected chi connectivity index (χ2v) is 10.7. The number of amides is 2. The third kappa shape index (κ3) is 9.65. The molecule has 2 amide bonds. The molecule has 0 bridgehead atoms. The fourth-order valence-corrected chi connectivity index (χ4v) is 5.13. The normalized spacial score (nSPS) is 14.2. The number of likely N-dealkylation sites (tertiary alicyclic amines) is 1. The number of benzene rings is 3. The van der Waals surface area contributed by atoms with E-state index in [1.807, 2.05) is 90.7 Å². The Kier molecular flexibility index (Phi) is 11.4. The van der Waals surface area contributed by atoms with Gasteiger partial charge in [0.25, 0.3) is 0 Å². The molecule has 0 unspecified atom stereocenters. The Morgan fingerprint density at radius 3 is 2.10 bits per heavy atom. The highest BCUT2D eigenvalue weighted by atomic mass is 16.5. The van der Waals surface area contributed by atoms with Gasteiger partial charge in [-0.3, -0.25) is 9.59 Å². The lowest BCUT2D eigenvalue weighted by molar-refractivity contribution is -0.142. The van der Waals surface area contributed by atoms with Gasteiger partial charge in [0.1, 0.15) is 24.1 Å². The van der Waals surface area contributed by atoms with Crippen LogP contribution in [0.2, 0.25) is 0 Å². The molecule has 1 fully saturated rings. The summed E-state index contributed by atoms with van der Waals surface area (Å²) in [5.74, 6) is 0.419. The van der Waals surface area contributed by atoms with Crippen molar-refractivity contribution in [2.24, 2.45) is 5.92 Å². The van der Waals surface area contributed by atoms with Crippen molar-refractivity contribution < 1.29 is 29.0 Å². The number of hydrogen-bond donors (Lipinski definition) is 2. The number of aryl methyl sites for hydroxylation is 1.